The summed E-state index contributed by atoms with van der Waals surface area (Å²) in [5.41, 5.74) is 0.682. The average Bonchev–Trinajstić information content (AvgIpc) is 3.24. The molecule has 3 atom stereocenters. The molecule has 0 bridgehead atoms. The van der Waals surface area contributed by atoms with Crippen LogP contribution in [0, 0.1) is 17.8 Å². The number of phenolic OH excluding ortho intramolecular Hbond substituents is 1. The number of hydrogen-bond acceptors (Lipinski definition) is 7. The van der Waals surface area contributed by atoms with Gasteiger partial charge in [-0.05, 0) is 73.9 Å². The van der Waals surface area contributed by atoms with Crippen molar-refractivity contribution in [3.63, 3.8) is 0 Å². The summed E-state index contributed by atoms with van der Waals surface area (Å²) >= 11 is 0. The second kappa shape index (κ2) is 10.2. The summed E-state index contributed by atoms with van der Waals surface area (Å²) in [5.74, 6) is -1.26. The predicted molar refractivity (Wildman–Crippen MR) is 137 cm³/mol. The summed E-state index contributed by atoms with van der Waals surface area (Å²) in [4.78, 5) is 39.7. The molecule has 9 heteroatoms. The van der Waals surface area contributed by atoms with Crippen LogP contribution >= 0.6 is 10.0 Å². The summed E-state index contributed by atoms with van der Waals surface area (Å²) < 4.78 is 6.96. The minimum Gasteiger partial charge on any atom is -0.508 e. The van der Waals surface area contributed by atoms with E-state index < -0.39 is 27.8 Å². The molecule has 1 saturated carbocycles. The Bertz CT molecular complexity index is 1280. The zero-order valence-electron chi connectivity index (χ0n) is 20.2. The summed E-state index contributed by atoms with van der Waals surface area (Å²) in [7, 11) is -0.840. The van der Waals surface area contributed by atoms with Gasteiger partial charge in [0.1, 0.15) is 11.3 Å². The largest absolute Gasteiger partial charge is 0.508 e. The quantitative estimate of drug-likeness (QED) is 0.376. The van der Waals surface area contributed by atoms with Crippen molar-refractivity contribution in [1.82, 2.24) is 15.0 Å². The van der Waals surface area contributed by atoms with E-state index in [0.29, 0.717) is 35.9 Å². The highest BCUT2D eigenvalue weighted by Crippen LogP contribution is 2.41. The van der Waals surface area contributed by atoms with Crippen LogP contribution in [0.1, 0.15) is 23.2 Å². The van der Waals surface area contributed by atoms with E-state index in [1.807, 2.05) is 0 Å². The lowest BCUT2D eigenvalue weighted by atomic mass is 9.84. The molecular weight excluding hydrogens is 466 g/mol. The molecule has 1 aliphatic carbocycles. The fourth-order valence-corrected chi connectivity index (χ4v) is 5.21. The summed E-state index contributed by atoms with van der Waals surface area (Å²) in [6.45, 7) is 0.483. The number of Topliss-reactive ketones (excluding diaryl/α,β-unsaturated/α-hetero) is 1. The zero-order chi connectivity index (χ0) is 25.2. The van der Waals surface area contributed by atoms with Gasteiger partial charge in [0.2, 0.25) is 0 Å². The monoisotopic (exact) mass is 497 g/mol. The van der Waals surface area contributed by atoms with Crippen LogP contribution in [0.15, 0.2) is 53.3 Å². The molecule has 0 amide bonds. The van der Waals surface area contributed by atoms with Gasteiger partial charge in [-0.25, -0.2) is 14.7 Å². The van der Waals surface area contributed by atoms with E-state index in [1.165, 1.54) is 16.8 Å². The Kier molecular flexibility index (Phi) is 7.25. The minimum absolute atomic E-state index is 0.0701. The molecule has 0 saturated heterocycles. The van der Waals surface area contributed by atoms with Crippen LogP contribution < -0.4 is 5.56 Å². The van der Waals surface area contributed by atoms with Crippen molar-refractivity contribution >= 4 is 32.7 Å². The van der Waals surface area contributed by atoms with Gasteiger partial charge in [0.15, 0.2) is 5.78 Å². The standard InChI is InChI=1S/C26H31N3O5S/c1-35(2,3)15-14-34-26(33)23-18(10-13-21(23)24(31)17-8-11-19(30)12-9-17)16-29-25(32)20-6-4-5-7-22(20)27-28-29/h4-9,11-12,18,21,23,30H,10,13-16H2,1-3H3/t18-,21-,23-/m0/s1. The highest BCUT2D eigenvalue weighted by molar-refractivity contribution is 8.32. The van der Waals surface area contributed by atoms with E-state index in [1.54, 1.807) is 36.4 Å². The maximum absolute atomic E-state index is 13.4. The van der Waals surface area contributed by atoms with Crippen LogP contribution in [0.5, 0.6) is 5.75 Å². The Labute approximate surface area is 205 Å². The first-order chi connectivity index (χ1) is 16.6. The first kappa shape index (κ1) is 24.9. The zero-order valence-corrected chi connectivity index (χ0v) is 21.0. The molecule has 186 valence electrons. The van der Waals surface area contributed by atoms with Crippen molar-refractivity contribution in [2.45, 2.75) is 19.4 Å². The summed E-state index contributed by atoms with van der Waals surface area (Å²) in [6, 6.07) is 13.1. The third kappa shape index (κ3) is 5.73. The molecule has 1 aliphatic rings. The minimum atomic E-state index is -0.840. The molecule has 1 heterocycles. The topological polar surface area (TPSA) is 111 Å². The number of aromatic hydroxyl groups is 1. The lowest BCUT2D eigenvalue weighted by Gasteiger charge is -2.26. The maximum atomic E-state index is 13.4. The van der Waals surface area contributed by atoms with Crippen molar-refractivity contribution in [3.8, 4) is 5.75 Å². The number of ether oxygens (including phenoxy) is 1. The molecule has 1 fully saturated rings. The molecule has 0 unspecified atom stereocenters. The lowest BCUT2D eigenvalue weighted by molar-refractivity contribution is -0.150. The molecule has 2 aromatic carbocycles. The molecule has 1 N–H and O–H groups in total. The number of carbonyl (C=O) groups is 2. The fourth-order valence-electron chi connectivity index (χ4n) is 4.63. The summed E-state index contributed by atoms with van der Waals surface area (Å²) in [5, 5.41) is 18.3. The SMILES string of the molecule is CS(C)(C)CCOC(=O)[C@H]1[C@H](Cn2nnc3ccccc3c2=O)CC[C@@H]1C(=O)c1ccc(O)cc1. The number of benzene rings is 2. The molecule has 4 rings (SSSR count). The molecule has 1 aromatic heterocycles. The third-order valence-corrected chi connectivity index (χ3v) is 7.92. The normalized spacial score (nSPS) is 20.6. The summed E-state index contributed by atoms with van der Waals surface area (Å²) in [6.07, 6.45) is 7.55. The van der Waals surface area contributed by atoms with Crippen molar-refractivity contribution in [1.29, 1.82) is 0 Å². The Hall–Kier alpha value is -3.20. The van der Waals surface area contributed by atoms with Gasteiger partial charge in [-0.2, -0.15) is 0 Å². The van der Waals surface area contributed by atoms with E-state index in [0.717, 1.165) is 5.75 Å². The Morgan fingerprint density at radius 3 is 2.51 bits per heavy atom. The number of nitrogens with zero attached hydrogens (tertiary/aromatic N) is 3. The van der Waals surface area contributed by atoms with Crippen LogP contribution in [0.2, 0.25) is 0 Å². The number of ketones is 1. The van der Waals surface area contributed by atoms with E-state index in [4.69, 9.17) is 4.74 Å². The van der Waals surface area contributed by atoms with E-state index in [2.05, 4.69) is 29.1 Å². The molecule has 35 heavy (non-hydrogen) atoms. The maximum Gasteiger partial charge on any atom is 0.310 e. The van der Waals surface area contributed by atoms with Crippen LogP contribution in [0.3, 0.4) is 0 Å². The number of esters is 1. The van der Waals surface area contributed by atoms with Crippen molar-refractivity contribution in [2.24, 2.45) is 17.8 Å². The second-order valence-corrected chi connectivity index (χ2v) is 14.5. The molecule has 3 aromatic rings. The van der Waals surface area contributed by atoms with Gasteiger partial charge in [0.05, 0.1) is 24.5 Å². The van der Waals surface area contributed by atoms with Gasteiger partial charge in [0.25, 0.3) is 5.56 Å². The molecule has 8 nitrogen and oxygen atoms in total. The van der Waals surface area contributed by atoms with Gasteiger partial charge in [-0.3, -0.25) is 14.4 Å². The van der Waals surface area contributed by atoms with Crippen molar-refractivity contribution in [2.75, 3.05) is 31.1 Å². The highest BCUT2D eigenvalue weighted by Gasteiger charge is 2.46. The van der Waals surface area contributed by atoms with Gasteiger partial charge >= 0.3 is 5.97 Å². The fraction of sp³-hybridized carbons (Fsp3) is 0.423. The predicted octanol–water partition coefficient (Wildman–Crippen LogP) is 3.26. The Morgan fingerprint density at radius 2 is 1.80 bits per heavy atom. The van der Waals surface area contributed by atoms with Gasteiger partial charge in [-0.1, -0.05) is 17.3 Å². The van der Waals surface area contributed by atoms with Crippen LogP contribution in [-0.2, 0) is 16.1 Å². The molecule has 0 radical (unpaired) electrons. The van der Waals surface area contributed by atoms with E-state index in [-0.39, 0.29) is 29.6 Å². The Morgan fingerprint density at radius 1 is 1.09 bits per heavy atom. The number of aromatic nitrogens is 3. The lowest BCUT2D eigenvalue weighted by Crippen LogP contribution is -2.36. The van der Waals surface area contributed by atoms with E-state index in [9.17, 15) is 19.5 Å². The third-order valence-electron chi connectivity index (χ3n) is 6.53. The first-order valence-electron chi connectivity index (χ1n) is 11.6. The van der Waals surface area contributed by atoms with Crippen LogP contribution in [-0.4, -0.2) is 63.0 Å². The molecule has 0 spiro atoms. The second-order valence-electron chi connectivity index (χ2n) is 9.94. The number of carbonyl (C=O) groups excluding carboxylic acids is 2. The van der Waals surface area contributed by atoms with Crippen LogP contribution in [0.25, 0.3) is 10.9 Å². The van der Waals surface area contributed by atoms with E-state index >= 15 is 0 Å². The first-order valence-corrected chi connectivity index (χ1v) is 14.6. The highest BCUT2D eigenvalue weighted by atomic mass is 32.3. The van der Waals surface area contributed by atoms with Gasteiger partial charge in [0, 0.05) is 17.2 Å². The van der Waals surface area contributed by atoms with Crippen LogP contribution in [0.4, 0.5) is 0 Å². The smallest absolute Gasteiger partial charge is 0.310 e. The number of phenols is 1. The molecular formula is C26H31N3O5S. The average molecular weight is 498 g/mol. The van der Waals surface area contributed by atoms with Crippen molar-refractivity contribution in [3.05, 3.63) is 64.4 Å². The van der Waals surface area contributed by atoms with Gasteiger partial charge in [-0.15, -0.1) is 5.10 Å². The molecule has 0 aliphatic heterocycles. The number of hydrogen-bond donors (Lipinski definition) is 1. The Balaban J connectivity index is 1.60. The van der Waals surface area contributed by atoms with Crippen molar-refractivity contribution < 1.29 is 19.4 Å². The van der Waals surface area contributed by atoms with Gasteiger partial charge < -0.3 is 9.84 Å². The number of rotatable bonds is 8. The number of fused-ring (bicyclic) bond motifs is 1.